The van der Waals surface area contributed by atoms with Crippen LogP contribution in [0.5, 0.6) is 5.75 Å². The van der Waals surface area contributed by atoms with E-state index in [1.165, 1.54) is 0 Å². The van der Waals surface area contributed by atoms with Crippen LogP contribution in [0.3, 0.4) is 0 Å². The van der Waals surface area contributed by atoms with Gasteiger partial charge in [-0.3, -0.25) is 19.7 Å². The molecule has 9 heteroatoms. The Balaban J connectivity index is 1.36. The van der Waals surface area contributed by atoms with Crippen molar-refractivity contribution in [2.75, 3.05) is 31.1 Å². The summed E-state index contributed by atoms with van der Waals surface area (Å²) in [5.41, 5.74) is 0.681. The third-order valence-electron chi connectivity index (χ3n) is 8.27. The molecule has 1 aromatic heterocycles. The zero-order valence-corrected chi connectivity index (χ0v) is 22.4. The number of barbiturate groups is 1. The van der Waals surface area contributed by atoms with Crippen LogP contribution in [0, 0.1) is 11.3 Å². The van der Waals surface area contributed by atoms with E-state index < -0.39 is 23.3 Å². The quantitative estimate of drug-likeness (QED) is 0.462. The predicted octanol–water partition coefficient (Wildman–Crippen LogP) is 3.18. The maximum atomic E-state index is 14.4. The average Bonchev–Trinajstić information content (AvgIpc) is 2.94. The summed E-state index contributed by atoms with van der Waals surface area (Å²) in [7, 11) is 0. The van der Waals surface area contributed by atoms with Crippen molar-refractivity contribution in [3.05, 3.63) is 94.4 Å². The molecule has 3 aliphatic heterocycles. The summed E-state index contributed by atoms with van der Waals surface area (Å²) in [5, 5.41) is 2.49. The minimum Gasteiger partial charge on any atom is -0.494 e. The number of para-hydroxylation sites is 1. The maximum absolute atomic E-state index is 14.4. The Morgan fingerprint density at radius 1 is 0.900 bits per heavy atom. The average molecular weight is 541 g/mol. The van der Waals surface area contributed by atoms with Crippen LogP contribution in [0.1, 0.15) is 30.5 Å². The van der Waals surface area contributed by atoms with Gasteiger partial charge in [0.05, 0.1) is 12.3 Å². The van der Waals surface area contributed by atoms with Crippen LogP contribution >= 0.6 is 0 Å². The van der Waals surface area contributed by atoms with Crippen molar-refractivity contribution < 1.29 is 19.1 Å². The number of anilines is 1. The highest BCUT2D eigenvalue weighted by Gasteiger charge is 2.55. The molecule has 40 heavy (non-hydrogen) atoms. The third kappa shape index (κ3) is 4.60. The molecular formula is C31H32N4O5. The van der Waals surface area contributed by atoms with Crippen molar-refractivity contribution in [3.63, 3.8) is 0 Å². The molecule has 2 saturated heterocycles. The number of urea groups is 1. The topological polar surface area (TPSA) is 101 Å². The number of aromatic nitrogens is 1. The fourth-order valence-corrected chi connectivity index (χ4v) is 6.56. The Kier molecular flexibility index (Phi) is 6.75. The number of hydrogen-bond acceptors (Lipinski definition) is 6. The Morgan fingerprint density at radius 3 is 2.42 bits per heavy atom. The van der Waals surface area contributed by atoms with Gasteiger partial charge in [-0.2, -0.15) is 0 Å². The lowest BCUT2D eigenvalue weighted by Gasteiger charge is -2.47. The number of likely N-dealkylation sites (tertiary alicyclic amines) is 1. The van der Waals surface area contributed by atoms with Crippen LogP contribution in [0.4, 0.5) is 10.5 Å². The van der Waals surface area contributed by atoms with Crippen LogP contribution < -0.4 is 20.5 Å². The number of rotatable bonds is 7. The number of piperidine rings is 1. The number of benzene rings is 2. The molecule has 0 radical (unpaired) electrons. The van der Waals surface area contributed by atoms with Gasteiger partial charge in [-0.25, -0.2) is 9.69 Å². The van der Waals surface area contributed by atoms with Crippen molar-refractivity contribution in [2.24, 2.45) is 11.3 Å². The molecule has 9 nitrogen and oxygen atoms in total. The second-order valence-electron chi connectivity index (χ2n) is 11.0. The van der Waals surface area contributed by atoms with Crippen LogP contribution in [-0.4, -0.2) is 53.6 Å². The lowest BCUT2D eigenvalue weighted by atomic mass is 9.75. The summed E-state index contributed by atoms with van der Waals surface area (Å²) >= 11 is 0. The highest BCUT2D eigenvalue weighted by molar-refractivity contribution is 6.30. The molecule has 206 valence electrons. The molecule has 2 aromatic carbocycles. The van der Waals surface area contributed by atoms with Crippen molar-refractivity contribution in [3.8, 4) is 5.75 Å². The number of amides is 4. The molecule has 4 amide bonds. The van der Waals surface area contributed by atoms with E-state index in [0.717, 1.165) is 22.6 Å². The Labute approximate surface area is 232 Å². The number of carbonyl (C=O) groups excluding carboxylic acids is 3. The molecule has 1 unspecified atom stereocenters. The standard InChI is InChI=1S/C31H32N4O5/c1-2-40-25-13-11-21(12-14-25)16-31(28(37)32-30(39)35(29(31)38)24-7-4-3-5-8-24)20-33-17-22-15-23(19-33)26-9-6-10-27(36)34(26)18-22/h3-14,22-23H,2,15-20H2,1H3,(H,32,37,39)/t22-,23+,31?/m1/s1. The molecule has 6 rings (SSSR count). The third-order valence-corrected chi connectivity index (χ3v) is 8.27. The lowest BCUT2D eigenvalue weighted by molar-refractivity contribution is -0.144. The van der Waals surface area contributed by atoms with E-state index in [0.29, 0.717) is 37.7 Å². The second kappa shape index (κ2) is 10.4. The Bertz CT molecular complexity index is 1500. The first-order valence-electron chi connectivity index (χ1n) is 13.8. The predicted molar refractivity (Wildman–Crippen MR) is 149 cm³/mol. The first kappa shape index (κ1) is 26.0. The van der Waals surface area contributed by atoms with Crippen molar-refractivity contribution in [1.82, 2.24) is 14.8 Å². The number of imide groups is 2. The number of nitrogens with zero attached hydrogens (tertiary/aromatic N) is 3. The maximum Gasteiger partial charge on any atom is 0.335 e. The summed E-state index contributed by atoms with van der Waals surface area (Å²) < 4.78 is 7.44. The SMILES string of the molecule is CCOc1ccc(CC2(CN3C[C@H]4C[C@@H](C3)c3cccc(=O)n3C4)C(=O)NC(=O)N(c3ccccc3)C2=O)cc1. The highest BCUT2D eigenvalue weighted by atomic mass is 16.5. The summed E-state index contributed by atoms with van der Waals surface area (Å²) in [6.07, 6.45) is 1.09. The van der Waals surface area contributed by atoms with Gasteiger partial charge in [-0.1, -0.05) is 36.4 Å². The zero-order valence-electron chi connectivity index (χ0n) is 22.4. The van der Waals surface area contributed by atoms with Gasteiger partial charge >= 0.3 is 6.03 Å². The molecule has 0 spiro atoms. The van der Waals surface area contributed by atoms with Gasteiger partial charge in [0.1, 0.15) is 11.2 Å². The van der Waals surface area contributed by atoms with Gasteiger partial charge in [0.2, 0.25) is 5.91 Å². The van der Waals surface area contributed by atoms with Crippen LogP contribution in [0.2, 0.25) is 0 Å². The van der Waals surface area contributed by atoms with Crippen LogP contribution in [0.25, 0.3) is 0 Å². The van der Waals surface area contributed by atoms with E-state index in [4.69, 9.17) is 4.74 Å². The number of fused-ring (bicyclic) bond motifs is 4. The van der Waals surface area contributed by atoms with Gasteiger partial charge < -0.3 is 14.2 Å². The smallest absolute Gasteiger partial charge is 0.335 e. The fourth-order valence-electron chi connectivity index (χ4n) is 6.56. The molecular weight excluding hydrogens is 508 g/mol. The van der Waals surface area contributed by atoms with Crippen molar-refractivity contribution in [2.45, 2.75) is 32.2 Å². The van der Waals surface area contributed by atoms with Crippen LogP contribution in [0.15, 0.2) is 77.6 Å². The number of pyridine rings is 1. The normalized spacial score (nSPS) is 24.4. The zero-order chi connectivity index (χ0) is 27.9. The lowest BCUT2D eigenvalue weighted by Crippen LogP contribution is -2.68. The number of nitrogens with one attached hydrogen (secondary N) is 1. The monoisotopic (exact) mass is 540 g/mol. The Hall–Kier alpha value is -4.24. The van der Waals surface area contributed by atoms with E-state index in [1.54, 1.807) is 36.4 Å². The first-order chi connectivity index (χ1) is 19.4. The first-order valence-corrected chi connectivity index (χ1v) is 13.8. The molecule has 3 atom stereocenters. The molecule has 3 aliphatic rings. The van der Waals surface area contributed by atoms with Crippen LogP contribution in [-0.2, 0) is 22.6 Å². The number of hydrogen-bond donors (Lipinski definition) is 1. The van der Waals surface area contributed by atoms with Crippen molar-refractivity contribution in [1.29, 1.82) is 0 Å². The van der Waals surface area contributed by atoms with Crippen molar-refractivity contribution >= 4 is 23.5 Å². The van der Waals surface area contributed by atoms with Gasteiger partial charge in [0, 0.05) is 43.9 Å². The minimum absolute atomic E-state index is 0.00599. The summed E-state index contributed by atoms with van der Waals surface area (Å²) in [5.74, 6) is -0.0665. The minimum atomic E-state index is -1.53. The van der Waals surface area contributed by atoms with Gasteiger partial charge in [-0.15, -0.1) is 0 Å². The number of ether oxygens (including phenoxy) is 1. The van der Waals surface area contributed by atoms with E-state index in [-0.39, 0.29) is 30.4 Å². The molecule has 1 N–H and O–H groups in total. The van der Waals surface area contributed by atoms with Gasteiger partial charge in [-0.05, 0) is 61.6 Å². The van der Waals surface area contributed by atoms with E-state index in [2.05, 4.69) is 10.2 Å². The summed E-state index contributed by atoms with van der Waals surface area (Å²) in [6, 6.07) is 20.7. The van der Waals surface area contributed by atoms with E-state index in [1.807, 2.05) is 47.9 Å². The number of carbonyl (C=O) groups is 3. The Morgan fingerprint density at radius 2 is 1.68 bits per heavy atom. The molecule has 0 aliphatic carbocycles. The summed E-state index contributed by atoms with van der Waals surface area (Å²) in [6.45, 7) is 4.48. The molecule has 3 aromatic rings. The molecule has 2 bridgehead atoms. The largest absolute Gasteiger partial charge is 0.494 e. The van der Waals surface area contributed by atoms with Gasteiger partial charge in [0.25, 0.3) is 11.5 Å². The fraction of sp³-hybridized carbons (Fsp3) is 0.355. The molecule has 2 fully saturated rings. The van der Waals surface area contributed by atoms with Gasteiger partial charge in [0.15, 0.2) is 0 Å². The van der Waals surface area contributed by atoms with E-state index in [9.17, 15) is 19.2 Å². The molecule has 4 heterocycles. The summed E-state index contributed by atoms with van der Waals surface area (Å²) in [4.78, 5) is 56.9. The molecule has 0 saturated carbocycles. The highest BCUT2D eigenvalue weighted by Crippen LogP contribution is 2.39. The van der Waals surface area contributed by atoms with E-state index >= 15 is 0 Å². The second-order valence-corrected chi connectivity index (χ2v) is 11.0.